The van der Waals surface area contributed by atoms with E-state index in [1.807, 2.05) is 11.9 Å². The normalized spacial score (nSPS) is 21.5. The minimum Gasteiger partial charge on any atom is -0.484 e. The summed E-state index contributed by atoms with van der Waals surface area (Å²) in [7, 11) is 2.03. The first kappa shape index (κ1) is 24.3. The van der Waals surface area contributed by atoms with E-state index in [0.29, 0.717) is 42.1 Å². The fraction of sp³-hybridized carbons (Fsp3) is 0.500. The molecule has 0 spiro atoms. The first-order valence-corrected chi connectivity index (χ1v) is 11.4. The number of pyridine rings is 1. The Bertz CT molecular complexity index is 1000. The number of β-amino-alcohol motifs (C(OH)–C–C–N with tert-alkyl or cyclic N) is 1. The summed E-state index contributed by atoms with van der Waals surface area (Å²) in [4.78, 5) is 21.9. The lowest BCUT2D eigenvalue weighted by atomic mass is 10.0. The van der Waals surface area contributed by atoms with E-state index in [9.17, 15) is 23.1 Å². The quantitative estimate of drug-likeness (QED) is 0.665. The van der Waals surface area contributed by atoms with Crippen molar-refractivity contribution < 1.29 is 27.8 Å². The van der Waals surface area contributed by atoms with Crippen LogP contribution in [0.2, 0.25) is 0 Å². The molecule has 2 N–H and O–H groups in total. The van der Waals surface area contributed by atoms with Gasteiger partial charge in [-0.15, -0.1) is 0 Å². The Morgan fingerprint density at radius 2 is 1.94 bits per heavy atom. The molecular weight excluding hydrogens is 449 g/mol. The Hall–Kier alpha value is -2.85. The smallest absolute Gasteiger partial charge is 0.422 e. The third-order valence-electron chi connectivity index (χ3n) is 6.07. The van der Waals surface area contributed by atoms with E-state index in [1.54, 1.807) is 24.3 Å². The molecule has 0 bridgehead atoms. The Labute approximate surface area is 196 Å². The molecule has 2 atom stereocenters. The first-order chi connectivity index (χ1) is 16.2. The van der Waals surface area contributed by atoms with Gasteiger partial charge in [-0.3, -0.25) is 4.79 Å². The number of ether oxygens (including phenoxy) is 1. The molecule has 2 saturated heterocycles. The lowest BCUT2D eigenvalue weighted by Crippen LogP contribution is -2.46. The lowest BCUT2D eigenvalue weighted by molar-refractivity contribution is -0.153. The molecule has 1 amide bonds. The highest BCUT2D eigenvalue weighted by molar-refractivity contribution is 5.96. The van der Waals surface area contributed by atoms with Crippen LogP contribution in [0.4, 0.5) is 19.0 Å². The van der Waals surface area contributed by atoms with Gasteiger partial charge in [-0.1, -0.05) is 0 Å². The average Bonchev–Trinajstić information content (AvgIpc) is 3.24. The molecule has 2 fully saturated rings. The Morgan fingerprint density at radius 1 is 1.18 bits per heavy atom. The lowest BCUT2D eigenvalue weighted by Gasteiger charge is -2.30. The van der Waals surface area contributed by atoms with Crippen molar-refractivity contribution in [2.24, 2.45) is 0 Å². The first-order valence-electron chi connectivity index (χ1n) is 11.4. The Morgan fingerprint density at radius 3 is 2.59 bits per heavy atom. The molecule has 1 aromatic carbocycles. The predicted octanol–water partition coefficient (Wildman–Crippen LogP) is 3.08. The van der Waals surface area contributed by atoms with E-state index in [-0.39, 0.29) is 17.7 Å². The number of halogens is 3. The summed E-state index contributed by atoms with van der Waals surface area (Å²) in [6, 6.07) is 9.61. The molecule has 7 nitrogen and oxygen atoms in total. The zero-order valence-electron chi connectivity index (χ0n) is 19.0. The summed E-state index contributed by atoms with van der Waals surface area (Å²) < 4.78 is 42.0. The maximum Gasteiger partial charge on any atom is 0.422 e. The zero-order chi connectivity index (χ0) is 24.3. The Balaban J connectivity index is 1.58. The number of alkyl halides is 3. The number of aliphatic hydroxyl groups is 1. The molecule has 0 saturated carbocycles. The van der Waals surface area contributed by atoms with Crippen LogP contribution in [0.3, 0.4) is 0 Å². The van der Waals surface area contributed by atoms with Crippen LogP contribution in [0.15, 0.2) is 36.4 Å². The molecule has 2 aliphatic heterocycles. The van der Waals surface area contributed by atoms with Gasteiger partial charge in [-0.25, -0.2) is 4.98 Å². The summed E-state index contributed by atoms with van der Waals surface area (Å²) in [5, 5.41) is 13.1. The van der Waals surface area contributed by atoms with Gasteiger partial charge >= 0.3 is 6.18 Å². The molecule has 1 aromatic heterocycles. The maximum atomic E-state index is 13.1. The summed E-state index contributed by atoms with van der Waals surface area (Å²) in [5.41, 5.74) is 1.62. The third kappa shape index (κ3) is 6.38. The summed E-state index contributed by atoms with van der Waals surface area (Å²) in [6.07, 6.45) is -2.32. The van der Waals surface area contributed by atoms with Gasteiger partial charge < -0.3 is 25.0 Å². The van der Waals surface area contributed by atoms with Crippen molar-refractivity contribution in [3.63, 3.8) is 0 Å². The molecule has 2 aliphatic rings. The van der Waals surface area contributed by atoms with Crippen LogP contribution in [0, 0.1) is 0 Å². The monoisotopic (exact) mass is 478 g/mol. The number of rotatable bonds is 6. The topological polar surface area (TPSA) is 77.9 Å². The fourth-order valence-corrected chi connectivity index (χ4v) is 4.35. The van der Waals surface area contributed by atoms with Crippen molar-refractivity contribution in [2.75, 3.05) is 44.7 Å². The number of anilines is 1. The minimum absolute atomic E-state index is 0.0602. The number of nitrogens with one attached hydrogen (secondary N) is 1. The van der Waals surface area contributed by atoms with Crippen molar-refractivity contribution in [1.29, 1.82) is 0 Å². The number of likely N-dealkylation sites (tertiary alicyclic amines) is 1. The number of benzene rings is 1. The van der Waals surface area contributed by atoms with Gasteiger partial charge in [0.25, 0.3) is 5.91 Å². The average molecular weight is 479 g/mol. The van der Waals surface area contributed by atoms with Crippen molar-refractivity contribution >= 4 is 11.7 Å². The second kappa shape index (κ2) is 10.2. The van der Waals surface area contributed by atoms with Crippen LogP contribution in [0.1, 0.15) is 29.6 Å². The number of carbonyl (C=O) groups excluding carboxylic acids is 1. The number of aromatic nitrogens is 1. The second-order valence-electron chi connectivity index (χ2n) is 8.99. The predicted molar refractivity (Wildman–Crippen MR) is 122 cm³/mol. The van der Waals surface area contributed by atoms with Crippen LogP contribution < -0.4 is 15.0 Å². The van der Waals surface area contributed by atoms with Crippen molar-refractivity contribution in [2.45, 2.75) is 37.6 Å². The number of likely N-dealkylation sites (N-methyl/N-ethyl adjacent to an activating group) is 1. The van der Waals surface area contributed by atoms with Gasteiger partial charge in [-0.05, 0) is 69.3 Å². The summed E-state index contributed by atoms with van der Waals surface area (Å²) in [5.74, 6) is 0.478. The molecule has 0 aliphatic carbocycles. The number of hydrogen-bond donors (Lipinski definition) is 2. The van der Waals surface area contributed by atoms with E-state index in [4.69, 9.17) is 4.74 Å². The maximum absolute atomic E-state index is 13.1. The highest BCUT2D eigenvalue weighted by Crippen LogP contribution is 2.28. The van der Waals surface area contributed by atoms with Crippen LogP contribution in [-0.2, 0) is 0 Å². The van der Waals surface area contributed by atoms with E-state index in [1.165, 1.54) is 12.1 Å². The number of hydrogen-bond acceptors (Lipinski definition) is 6. The van der Waals surface area contributed by atoms with Crippen LogP contribution in [0.25, 0.3) is 11.3 Å². The standard InChI is InChI=1S/C24H29F3N4O3/c1-30-9-2-3-18(13-30)28-23(33)17-11-21(29-22(12-17)31-10-8-19(32)14-31)16-4-6-20(7-5-16)34-15-24(25,26)27/h4-7,11-12,18-19,32H,2-3,8-10,13-15H2,1H3,(H,28,33)/t18?,19-/m0/s1. The zero-order valence-corrected chi connectivity index (χ0v) is 19.0. The molecular formula is C24H29F3N4O3. The number of aliphatic hydroxyl groups excluding tert-OH is 1. The molecule has 0 radical (unpaired) electrons. The largest absolute Gasteiger partial charge is 0.484 e. The molecule has 3 heterocycles. The minimum atomic E-state index is -4.41. The number of amides is 1. The number of piperidine rings is 1. The van der Waals surface area contributed by atoms with E-state index >= 15 is 0 Å². The molecule has 184 valence electrons. The third-order valence-corrected chi connectivity index (χ3v) is 6.07. The van der Waals surface area contributed by atoms with Crippen molar-refractivity contribution in [1.82, 2.24) is 15.2 Å². The highest BCUT2D eigenvalue weighted by atomic mass is 19.4. The van der Waals surface area contributed by atoms with E-state index in [2.05, 4.69) is 15.2 Å². The van der Waals surface area contributed by atoms with Crippen molar-refractivity contribution in [3.05, 3.63) is 42.0 Å². The molecule has 1 unspecified atom stereocenters. The van der Waals surface area contributed by atoms with Gasteiger partial charge in [0.05, 0.1) is 11.8 Å². The highest BCUT2D eigenvalue weighted by Gasteiger charge is 2.28. The molecule has 34 heavy (non-hydrogen) atoms. The SMILES string of the molecule is CN1CCCC(NC(=O)c2cc(-c3ccc(OCC(F)(F)F)cc3)nc(N3CC[C@H](O)C3)c2)C1. The summed E-state index contributed by atoms with van der Waals surface area (Å²) >= 11 is 0. The van der Waals surface area contributed by atoms with Crippen LogP contribution >= 0.6 is 0 Å². The van der Waals surface area contributed by atoms with Gasteiger partial charge in [0, 0.05) is 36.8 Å². The summed E-state index contributed by atoms with van der Waals surface area (Å²) in [6.45, 7) is 1.48. The van der Waals surface area contributed by atoms with E-state index in [0.717, 1.165) is 25.9 Å². The van der Waals surface area contributed by atoms with Crippen molar-refractivity contribution in [3.8, 4) is 17.0 Å². The van der Waals surface area contributed by atoms with E-state index < -0.39 is 18.9 Å². The van der Waals surface area contributed by atoms with Gasteiger partial charge in [0.2, 0.25) is 0 Å². The Kier molecular flexibility index (Phi) is 7.27. The van der Waals surface area contributed by atoms with Gasteiger partial charge in [0.1, 0.15) is 11.6 Å². The van der Waals surface area contributed by atoms with Gasteiger partial charge in [0.15, 0.2) is 6.61 Å². The molecule has 2 aromatic rings. The fourth-order valence-electron chi connectivity index (χ4n) is 4.35. The molecule has 4 rings (SSSR count). The van der Waals surface area contributed by atoms with Gasteiger partial charge in [-0.2, -0.15) is 13.2 Å². The second-order valence-corrected chi connectivity index (χ2v) is 8.99. The van der Waals surface area contributed by atoms with Crippen LogP contribution in [0.5, 0.6) is 5.75 Å². The molecule has 10 heteroatoms. The van der Waals surface area contributed by atoms with Crippen LogP contribution in [-0.4, -0.2) is 79.1 Å². The number of carbonyl (C=O) groups is 1. The number of nitrogens with zero attached hydrogens (tertiary/aromatic N) is 3.